The molecule has 0 amide bonds. The highest BCUT2D eigenvalue weighted by atomic mass is 15.3. The minimum Gasteiger partial charge on any atom is -0.314 e. The van der Waals surface area contributed by atoms with Crippen molar-refractivity contribution >= 4 is 0 Å². The minimum atomic E-state index is 0.586. The van der Waals surface area contributed by atoms with Crippen molar-refractivity contribution in [3.05, 3.63) is 12.2 Å². The summed E-state index contributed by atoms with van der Waals surface area (Å²) in [7, 11) is 0. The highest BCUT2D eigenvalue weighted by Crippen LogP contribution is 2.55. The van der Waals surface area contributed by atoms with Crippen LogP contribution in [0.4, 0.5) is 0 Å². The smallest absolute Gasteiger partial charge is 0.138 e. The summed E-state index contributed by atoms with van der Waals surface area (Å²) < 4.78 is 2.10. The maximum atomic E-state index is 4.50. The van der Waals surface area contributed by atoms with Crippen LogP contribution in [0.2, 0.25) is 0 Å². The Morgan fingerprint density at radius 1 is 1.30 bits per heavy atom. The molecule has 3 rings (SSSR count). The van der Waals surface area contributed by atoms with Crippen molar-refractivity contribution in [2.24, 2.45) is 23.7 Å². The third kappa shape index (κ3) is 3.05. The van der Waals surface area contributed by atoms with Gasteiger partial charge in [0.05, 0.1) is 0 Å². The van der Waals surface area contributed by atoms with Crippen molar-refractivity contribution < 1.29 is 0 Å². The van der Waals surface area contributed by atoms with Gasteiger partial charge in [-0.3, -0.25) is 0 Å². The minimum absolute atomic E-state index is 0.586. The molecule has 1 aromatic rings. The number of rotatable bonds is 7. The molecule has 2 fully saturated rings. The van der Waals surface area contributed by atoms with Gasteiger partial charge in [-0.1, -0.05) is 20.8 Å². The fourth-order valence-electron chi connectivity index (χ4n) is 3.90. The quantitative estimate of drug-likeness (QED) is 0.832. The van der Waals surface area contributed by atoms with E-state index < -0.39 is 0 Å². The van der Waals surface area contributed by atoms with Crippen LogP contribution in [-0.2, 0) is 13.0 Å². The average molecular weight is 276 g/mol. The fourth-order valence-corrected chi connectivity index (χ4v) is 3.90. The Balaban J connectivity index is 1.65. The maximum Gasteiger partial charge on any atom is 0.138 e. The number of hydrogen-bond donors (Lipinski definition) is 1. The van der Waals surface area contributed by atoms with Crippen LogP contribution in [0, 0.1) is 23.7 Å². The van der Waals surface area contributed by atoms with Gasteiger partial charge in [0.2, 0.25) is 0 Å². The van der Waals surface area contributed by atoms with E-state index in [0.717, 1.165) is 43.1 Å². The summed E-state index contributed by atoms with van der Waals surface area (Å²) in [6.07, 6.45) is 7.11. The molecule has 0 spiro atoms. The lowest BCUT2D eigenvalue weighted by molar-refractivity contribution is 0.326. The van der Waals surface area contributed by atoms with E-state index >= 15 is 0 Å². The van der Waals surface area contributed by atoms with E-state index in [0.29, 0.717) is 12.0 Å². The van der Waals surface area contributed by atoms with Gasteiger partial charge in [-0.05, 0) is 49.5 Å². The number of aromatic nitrogens is 3. The summed E-state index contributed by atoms with van der Waals surface area (Å²) >= 11 is 0. The second-order valence-corrected chi connectivity index (χ2v) is 7.11. The van der Waals surface area contributed by atoms with Gasteiger partial charge in [-0.2, -0.15) is 5.10 Å². The van der Waals surface area contributed by atoms with Gasteiger partial charge in [0.15, 0.2) is 0 Å². The lowest BCUT2D eigenvalue weighted by Crippen LogP contribution is -2.38. The van der Waals surface area contributed by atoms with Crippen molar-refractivity contribution in [3.63, 3.8) is 0 Å². The van der Waals surface area contributed by atoms with Crippen LogP contribution in [0.25, 0.3) is 0 Å². The van der Waals surface area contributed by atoms with E-state index in [1.165, 1.54) is 19.3 Å². The normalized spacial score (nSPS) is 29.7. The SMILES string of the molecule is CCNC(Cc1ncnn1CC(C)C)C1CC2CC2C1. The average Bonchev–Trinajstić information content (AvgIpc) is 2.82. The van der Waals surface area contributed by atoms with Crippen LogP contribution in [0.15, 0.2) is 6.33 Å². The number of hydrogen-bond acceptors (Lipinski definition) is 3. The second kappa shape index (κ2) is 5.84. The van der Waals surface area contributed by atoms with Gasteiger partial charge in [-0.15, -0.1) is 0 Å². The Morgan fingerprint density at radius 2 is 2.05 bits per heavy atom. The van der Waals surface area contributed by atoms with Crippen LogP contribution in [0.5, 0.6) is 0 Å². The number of likely N-dealkylation sites (N-methyl/N-ethyl adjacent to an activating group) is 1. The number of nitrogens with one attached hydrogen (secondary N) is 1. The van der Waals surface area contributed by atoms with Gasteiger partial charge in [0, 0.05) is 19.0 Å². The number of nitrogens with zero attached hydrogens (tertiary/aromatic N) is 3. The Kier molecular flexibility index (Phi) is 4.11. The van der Waals surface area contributed by atoms with Crippen LogP contribution >= 0.6 is 0 Å². The fraction of sp³-hybridized carbons (Fsp3) is 0.875. The molecule has 4 heteroatoms. The molecule has 2 aliphatic rings. The molecule has 0 aromatic carbocycles. The molecule has 1 N–H and O–H groups in total. The summed E-state index contributed by atoms with van der Waals surface area (Å²) in [4.78, 5) is 4.50. The molecule has 0 bridgehead atoms. The van der Waals surface area contributed by atoms with E-state index in [9.17, 15) is 0 Å². The van der Waals surface area contributed by atoms with Crippen molar-refractivity contribution in [2.45, 2.75) is 59.0 Å². The molecule has 3 unspecified atom stereocenters. The lowest BCUT2D eigenvalue weighted by Gasteiger charge is -2.25. The predicted molar refractivity (Wildman–Crippen MR) is 80.3 cm³/mol. The van der Waals surface area contributed by atoms with Crippen molar-refractivity contribution in [1.82, 2.24) is 20.1 Å². The predicted octanol–water partition coefficient (Wildman–Crippen LogP) is 2.50. The summed E-state index contributed by atoms with van der Waals surface area (Å²) in [5.41, 5.74) is 0. The van der Waals surface area contributed by atoms with E-state index in [-0.39, 0.29) is 0 Å². The van der Waals surface area contributed by atoms with Gasteiger partial charge < -0.3 is 5.32 Å². The zero-order valence-electron chi connectivity index (χ0n) is 13.0. The molecule has 20 heavy (non-hydrogen) atoms. The van der Waals surface area contributed by atoms with E-state index in [1.807, 2.05) is 0 Å². The topological polar surface area (TPSA) is 42.7 Å². The molecule has 0 saturated heterocycles. The summed E-state index contributed by atoms with van der Waals surface area (Å²) in [5, 5.41) is 8.10. The number of fused-ring (bicyclic) bond motifs is 1. The Bertz CT molecular complexity index is 429. The van der Waals surface area contributed by atoms with Crippen molar-refractivity contribution in [3.8, 4) is 0 Å². The molecule has 2 saturated carbocycles. The molecule has 0 aliphatic heterocycles. The summed E-state index contributed by atoms with van der Waals surface area (Å²) in [6, 6.07) is 0.586. The molecule has 2 aliphatic carbocycles. The first-order valence-electron chi connectivity index (χ1n) is 8.27. The Morgan fingerprint density at radius 3 is 2.70 bits per heavy atom. The van der Waals surface area contributed by atoms with Crippen molar-refractivity contribution in [2.75, 3.05) is 6.54 Å². The van der Waals surface area contributed by atoms with Crippen LogP contribution in [-0.4, -0.2) is 27.4 Å². The Labute approximate surface area is 122 Å². The van der Waals surface area contributed by atoms with E-state index in [1.54, 1.807) is 6.33 Å². The van der Waals surface area contributed by atoms with Gasteiger partial charge in [0.1, 0.15) is 12.2 Å². The molecular weight excluding hydrogens is 248 g/mol. The van der Waals surface area contributed by atoms with Gasteiger partial charge in [0.25, 0.3) is 0 Å². The molecule has 3 atom stereocenters. The first-order chi connectivity index (χ1) is 9.67. The van der Waals surface area contributed by atoms with Crippen LogP contribution in [0.1, 0.15) is 45.9 Å². The molecule has 4 nitrogen and oxygen atoms in total. The zero-order valence-corrected chi connectivity index (χ0v) is 13.0. The highest BCUT2D eigenvalue weighted by Gasteiger charge is 2.47. The Hall–Kier alpha value is -0.900. The molecule has 1 aromatic heterocycles. The van der Waals surface area contributed by atoms with Crippen LogP contribution < -0.4 is 5.32 Å². The van der Waals surface area contributed by atoms with Gasteiger partial charge >= 0.3 is 0 Å². The van der Waals surface area contributed by atoms with Gasteiger partial charge in [-0.25, -0.2) is 9.67 Å². The molecular formula is C16H28N4. The summed E-state index contributed by atoms with van der Waals surface area (Å²) in [5.74, 6) is 4.73. The van der Waals surface area contributed by atoms with Crippen molar-refractivity contribution in [1.29, 1.82) is 0 Å². The summed E-state index contributed by atoms with van der Waals surface area (Å²) in [6.45, 7) is 8.70. The van der Waals surface area contributed by atoms with E-state index in [2.05, 4.69) is 40.9 Å². The monoisotopic (exact) mass is 276 g/mol. The maximum absolute atomic E-state index is 4.50. The largest absolute Gasteiger partial charge is 0.314 e. The third-order valence-electron chi connectivity index (χ3n) is 4.95. The lowest BCUT2D eigenvalue weighted by atomic mass is 9.92. The van der Waals surface area contributed by atoms with E-state index in [4.69, 9.17) is 0 Å². The molecule has 0 radical (unpaired) electrons. The second-order valence-electron chi connectivity index (χ2n) is 7.11. The zero-order chi connectivity index (χ0) is 14.1. The standard InChI is InChI=1S/C16H28N4/c1-4-17-15(14-6-12-5-13(12)7-14)8-16-18-10-19-20(16)9-11(2)3/h10-15,17H,4-9H2,1-3H3. The third-order valence-corrected chi connectivity index (χ3v) is 4.95. The highest BCUT2D eigenvalue weighted by molar-refractivity contribution is 5.02. The molecule has 1 heterocycles. The molecule has 112 valence electrons. The first-order valence-corrected chi connectivity index (χ1v) is 8.27. The first kappa shape index (κ1) is 14.1. The van der Waals surface area contributed by atoms with Crippen LogP contribution in [0.3, 0.4) is 0 Å².